The SMILES string of the molecule is Cc1cc(-c2cc(F)c(F)c(F)c2)cc(C)c1Oc1nc(Nc2ccc(C#N)cc2)nc2ccn(C)c12. The first-order valence-corrected chi connectivity index (χ1v) is 11.3. The number of nitriles is 1. The molecule has 0 atom stereocenters. The van der Waals surface area contributed by atoms with Gasteiger partial charge in [0.05, 0.1) is 17.1 Å². The molecule has 0 unspecified atom stereocenters. The molecule has 0 aliphatic heterocycles. The van der Waals surface area contributed by atoms with E-state index >= 15 is 0 Å². The summed E-state index contributed by atoms with van der Waals surface area (Å²) in [4.78, 5) is 9.16. The highest BCUT2D eigenvalue weighted by Gasteiger charge is 2.18. The summed E-state index contributed by atoms with van der Waals surface area (Å²) >= 11 is 0. The largest absolute Gasteiger partial charge is 0.436 e. The Morgan fingerprint density at radius 2 is 1.51 bits per heavy atom. The highest BCUT2D eigenvalue weighted by Crippen LogP contribution is 2.36. The summed E-state index contributed by atoms with van der Waals surface area (Å²) in [6.07, 6.45) is 1.85. The molecule has 0 bridgehead atoms. The lowest BCUT2D eigenvalue weighted by atomic mass is 9.99. The Bertz CT molecular complexity index is 1660. The van der Waals surface area contributed by atoms with Crippen molar-refractivity contribution in [2.24, 2.45) is 7.05 Å². The van der Waals surface area contributed by atoms with Crippen molar-refractivity contribution in [2.75, 3.05) is 5.32 Å². The Morgan fingerprint density at radius 1 is 0.892 bits per heavy atom. The van der Waals surface area contributed by atoms with Crippen molar-refractivity contribution in [1.29, 1.82) is 5.26 Å². The zero-order valence-electron chi connectivity index (χ0n) is 20.1. The summed E-state index contributed by atoms with van der Waals surface area (Å²) in [5.41, 5.74) is 4.71. The predicted octanol–water partition coefficient (Wildman–Crippen LogP) is 7.08. The molecule has 0 saturated heterocycles. The Labute approximate surface area is 210 Å². The fourth-order valence-corrected chi connectivity index (χ4v) is 4.14. The molecule has 5 aromatic rings. The van der Waals surface area contributed by atoms with Gasteiger partial charge in [-0.3, -0.25) is 0 Å². The van der Waals surface area contributed by atoms with Crippen molar-refractivity contribution < 1.29 is 17.9 Å². The molecule has 5 rings (SSSR count). The van der Waals surface area contributed by atoms with Gasteiger partial charge in [0.2, 0.25) is 11.8 Å². The van der Waals surface area contributed by atoms with Crippen molar-refractivity contribution in [3.8, 4) is 28.8 Å². The van der Waals surface area contributed by atoms with E-state index < -0.39 is 17.5 Å². The van der Waals surface area contributed by atoms with E-state index in [-0.39, 0.29) is 5.56 Å². The van der Waals surface area contributed by atoms with Gasteiger partial charge in [-0.25, -0.2) is 18.2 Å². The van der Waals surface area contributed by atoms with Crippen LogP contribution in [0.15, 0.2) is 60.8 Å². The van der Waals surface area contributed by atoms with Crippen LogP contribution in [0.5, 0.6) is 11.6 Å². The third-order valence-corrected chi connectivity index (χ3v) is 5.93. The van der Waals surface area contributed by atoms with Crippen LogP contribution in [-0.2, 0) is 7.05 Å². The smallest absolute Gasteiger partial charge is 0.249 e. The third-order valence-electron chi connectivity index (χ3n) is 5.93. The average molecular weight is 499 g/mol. The minimum Gasteiger partial charge on any atom is -0.436 e. The van der Waals surface area contributed by atoms with Gasteiger partial charge in [-0.05, 0) is 90.7 Å². The van der Waals surface area contributed by atoms with Gasteiger partial charge >= 0.3 is 0 Å². The second kappa shape index (κ2) is 9.32. The lowest BCUT2D eigenvalue weighted by molar-refractivity contribution is 0.447. The maximum absolute atomic E-state index is 13.8. The molecule has 9 heteroatoms. The molecule has 0 amide bonds. The minimum absolute atomic E-state index is 0.218. The van der Waals surface area contributed by atoms with Gasteiger partial charge in [-0.2, -0.15) is 10.2 Å². The summed E-state index contributed by atoms with van der Waals surface area (Å²) in [5.74, 6) is -2.86. The van der Waals surface area contributed by atoms with Crippen LogP contribution >= 0.6 is 0 Å². The van der Waals surface area contributed by atoms with Crippen LogP contribution in [-0.4, -0.2) is 14.5 Å². The maximum Gasteiger partial charge on any atom is 0.249 e. The van der Waals surface area contributed by atoms with Crippen molar-refractivity contribution >= 4 is 22.7 Å². The summed E-state index contributed by atoms with van der Waals surface area (Å²) in [7, 11) is 1.85. The molecule has 0 aliphatic rings. The number of nitrogens with one attached hydrogen (secondary N) is 1. The van der Waals surface area contributed by atoms with Gasteiger partial charge in [0.15, 0.2) is 17.5 Å². The lowest BCUT2D eigenvalue weighted by Crippen LogP contribution is -2.02. The van der Waals surface area contributed by atoms with Gasteiger partial charge in [0.1, 0.15) is 11.3 Å². The highest BCUT2D eigenvalue weighted by atomic mass is 19.2. The van der Waals surface area contributed by atoms with E-state index in [0.717, 1.165) is 12.1 Å². The molecular formula is C28H20F3N5O. The molecule has 2 heterocycles. The van der Waals surface area contributed by atoms with Crippen molar-refractivity contribution in [2.45, 2.75) is 13.8 Å². The summed E-state index contributed by atoms with van der Waals surface area (Å²) < 4.78 is 49.2. The second-order valence-electron chi connectivity index (χ2n) is 8.62. The van der Waals surface area contributed by atoms with E-state index in [1.165, 1.54) is 0 Å². The molecule has 3 aromatic carbocycles. The van der Waals surface area contributed by atoms with E-state index in [1.807, 2.05) is 23.9 Å². The molecule has 184 valence electrons. The normalized spacial score (nSPS) is 10.9. The fraction of sp³-hybridized carbons (Fsp3) is 0.107. The van der Waals surface area contributed by atoms with E-state index in [9.17, 15) is 13.2 Å². The fourth-order valence-electron chi connectivity index (χ4n) is 4.14. The monoisotopic (exact) mass is 499 g/mol. The Kier molecular flexibility index (Phi) is 6.01. The van der Waals surface area contributed by atoms with Crippen LogP contribution in [0.4, 0.5) is 24.8 Å². The molecular weight excluding hydrogens is 479 g/mol. The standard InChI is InChI=1S/C28H20F3N5O/c1-15-10-18(19-12-21(29)24(31)22(30)13-19)11-16(2)26(15)37-27-25-23(8-9-36(25)3)34-28(35-27)33-20-6-4-17(14-32)5-7-20/h4-13H,1-3H3,(H,33,34,35). The number of halogens is 3. The quantitative estimate of drug-likeness (QED) is 0.262. The minimum atomic E-state index is -1.50. The molecule has 0 spiro atoms. The van der Waals surface area contributed by atoms with Gasteiger partial charge in [0.25, 0.3) is 0 Å². The maximum atomic E-state index is 13.8. The topological polar surface area (TPSA) is 75.8 Å². The van der Waals surface area contributed by atoms with E-state index in [0.29, 0.717) is 56.6 Å². The number of rotatable bonds is 5. The number of aromatic nitrogens is 3. The Balaban J connectivity index is 1.53. The number of benzene rings is 3. The van der Waals surface area contributed by atoms with Gasteiger partial charge in [-0.1, -0.05) is 0 Å². The number of hydrogen-bond acceptors (Lipinski definition) is 5. The zero-order chi connectivity index (χ0) is 26.3. The van der Waals surface area contributed by atoms with Crippen LogP contribution in [0.2, 0.25) is 0 Å². The van der Waals surface area contributed by atoms with E-state index in [1.54, 1.807) is 50.2 Å². The number of fused-ring (bicyclic) bond motifs is 1. The lowest BCUT2D eigenvalue weighted by Gasteiger charge is -2.16. The highest BCUT2D eigenvalue weighted by molar-refractivity contribution is 5.83. The molecule has 1 N–H and O–H groups in total. The first kappa shape index (κ1) is 23.9. The third kappa shape index (κ3) is 4.57. The molecule has 37 heavy (non-hydrogen) atoms. The second-order valence-corrected chi connectivity index (χ2v) is 8.62. The molecule has 6 nitrogen and oxygen atoms in total. The Hall–Kier alpha value is -4.84. The van der Waals surface area contributed by atoms with Gasteiger partial charge < -0.3 is 14.6 Å². The summed E-state index contributed by atoms with van der Waals surface area (Å²) in [5, 5.41) is 12.2. The molecule has 2 aromatic heterocycles. The number of ether oxygens (including phenoxy) is 1. The van der Waals surface area contributed by atoms with Crippen LogP contribution in [0.25, 0.3) is 22.2 Å². The van der Waals surface area contributed by atoms with Crippen LogP contribution in [0.3, 0.4) is 0 Å². The van der Waals surface area contributed by atoms with Crippen LogP contribution < -0.4 is 10.1 Å². The average Bonchev–Trinajstić information content (AvgIpc) is 3.25. The van der Waals surface area contributed by atoms with Gasteiger partial charge in [0, 0.05) is 18.9 Å². The van der Waals surface area contributed by atoms with Crippen molar-refractivity contribution in [1.82, 2.24) is 14.5 Å². The van der Waals surface area contributed by atoms with E-state index in [2.05, 4.69) is 21.4 Å². The number of aryl methyl sites for hydroxylation is 3. The first-order chi connectivity index (χ1) is 17.7. The predicted molar refractivity (Wildman–Crippen MR) is 134 cm³/mol. The molecule has 0 saturated carbocycles. The first-order valence-electron chi connectivity index (χ1n) is 11.3. The molecule has 0 radical (unpaired) electrons. The number of hydrogen-bond donors (Lipinski definition) is 1. The number of nitrogens with zero attached hydrogens (tertiary/aromatic N) is 4. The van der Waals surface area contributed by atoms with Crippen LogP contribution in [0, 0.1) is 42.6 Å². The van der Waals surface area contributed by atoms with Crippen molar-refractivity contribution in [3.63, 3.8) is 0 Å². The molecule has 0 aliphatic carbocycles. The zero-order valence-corrected chi connectivity index (χ0v) is 20.1. The summed E-state index contributed by atoms with van der Waals surface area (Å²) in [6, 6.07) is 16.2. The van der Waals surface area contributed by atoms with E-state index in [4.69, 9.17) is 10.00 Å². The molecule has 0 fully saturated rings. The Morgan fingerprint density at radius 3 is 2.14 bits per heavy atom. The van der Waals surface area contributed by atoms with Crippen molar-refractivity contribution in [3.05, 3.63) is 94.9 Å². The van der Waals surface area contributed by atoms with Gasteiger partial charge in [-0.15, -0.1) is 0 Å². The summed E-state index contributed by atoms with van der Waals surface area (Å²) in [6.45, 7) is 3.61. The number of anilines is 2. The van der Waals surface area contributed by atoms with Crippen LogP contribution in [0.1, 0.15) is 16.7 Å².